The average Bonchev–Trinajstić information content (AvgIpc) is 2.11. The molecule has 0 spiro atoms. The Morgan fingerprint density at radius 3 is 1.91 bits per heavy atom. The zero-order chi connectivity index (χ0) is 7.68. The Morgan fingerprint density at radius 2 is 1.55 bits per heavy atom. The van der Waals surface area contributed by atoms with Gasteiger partial charge in [0.15, 0.2) is 0 Å². The molecule has 1 aliphatic carbocycles. The van der Waals surface area contributed by atoms with Crippen LogP contribution in [0.5, 0.6) is 0 Å². The molecule has 2 nitrogen and oxygen atoms in total. The van der Waals surface area contributed by atoms with E-state index in [9.17, 15) is 0 Å². The zero-order valence-electron chi connectivity index (χ0n) is 7.25. The molecule has 0 N–H and O–H groups in total. The Bertz CT molecular complexity index is 124. The molecule has 2 aliphatic rings. The van der Waals surface area contributed by atoms with Gasteiger partial charge < -0.3 is 4.84 Å². The third-order valence-corrected chi connectivity index (χ3v) is 3.33. The van der Waals surface area contributed by atoms with E-state index in [2.05, 4.69) is 5.06 Å². The minimum absolute atomic E-state index is 1.04. The zero-order valence-corrected chi connectivity index (χ0v) is 7.25. The highest BCUT2D eigenvalue weighted by Crippen LogP contribution is 2.40. The summed E-state index contributed by atoms with van der Waals surface area (Å²) in [6, 6.07) is 0. The van der Waals surface area contributed by atoms with Gasteiger partial charge in [0, 0.05) is 13.1 Å². The molecule has 1 saturated carbocycles. The fourth-order valence-corrected chi connectivity index (χ4v) is 2.31. The summed E-state index contributed by atoms with van der Waals surface area (Å²) in [6.07, 6.45) is 5.67. The maximum atomic E-state index is 5.23. The predicted octanol–water partition coefficient (Wildman–Crippen LogP) is 1.67. The van der Waals surface area contributed by atoms with Crippen LogP contribution in [0.25, 0.3) is 0 Å². The van der Waals surface area contributed by atoms with Crippen molar-refractivity contribution in [1.82, 2.24) is 5.06 Å². The van der Waals surface area contributed by atoms with Gasteiger partial charge in [0.05, 0.1) is 7.11 Å². The molecule has 2 fully saturated rings. The lowest BCUT2D eigenvalue weighted by Gasteiger charge is -2.34. The molecule has 64 valence electrons. The van der Waals surface area contributed by atoms with E-state index in [0.29, 0.717) is 0 Å². The Balaban J connectivity index is 1.87. The first-order chi connectivity index (χ1) is 5.40. The molecular weight excluding hydrogens is 138 g/mol. The summed E-state index contributed by atoms with van der Waals surface area (Å²) < 4.78 is 0. The van der Waals surface area contributed by atoms with Crippen LogP contribution >= 0.6 is 0 Å². The molecule has 0 amide bonds. The van der Waals surface area contributed by atoms with Crippen molar-refractivity contribution >= 4 is 0 Å². The molecule has 0 aromatic rings. The standard InChI is InChI=1S/C9H17NO/c1-11-10-6-4-8-2-3-9(8)5-7-10/h8-9H,2-7H2,1H3. The normalized spacial score (nSPS) is 39.0. The van der Waals surface area contributed by atoms with Crippen LogP contribution in [0.2, 0.25) is 0 Å². The molecule has 0 aromatic heterocycles. The lowest BCUT2D eigenvalue weighted by atomic mass is 9.71. The van der Waals surface area contributed by atoms with E-state index in [1.807, 2.05) is 0 Å². The van der Waals surface area contributed by atoms with E-state index >= 15 is 0 Å². The molecule has 2 rings (SSSR count). The fourth-order valence-electron chi connectivity index (χ4n) is 2.31. The van der Waals surface area contributed by atoms with Crippen LogP contribution in [0.1, 0.15) is 25.7 Å². The van der Waals surface area contributed by atoms with Crippen molar-refractivity contribution in [2.45, 2.75) is 25.7 Å². The van der Waals surface area contributed by atoms with Gasteiger partial charge in [-0.2, -0.15) is 5.06 Å². The molecule has 0 bridgehead atoms. The molecule has 1 heterocycles. The summed E-state index contributed by atoms with van der Waals surface area (Å²) in [5, 5.41) is 2.11. The van der Waals surface area contributed by atoms with E-state index in [-0.39, 0.29) is 0 Å². The lowest BCUT2D eigenvalue weighted by Crippen LogP contribution is -2.24. The first kappa shape index (κ1) is 7.56. The Hall–Kier alpha value is -0.0800. The van der Waals surface area contributed by atoms with Gasteiger partial charge in [0.25, 0.3) is 0 Å². The van der Waals surface area contributed by atoms with Crippen LogP contribution in [0, 0.1) is 11.8 Å². The van der Waals surface area contributed by atoms with E-state index in [0.717, 1.165) is 24.9 Å². The Labute approximate surface area is 68.5 Å². The summed E-state index contributed by atoms with van der Waals surface area (Å²) in [5.74, 6) is 2.07. The molecule has 1 saturated heterocycles. The number of nitrogens with zero attached hydrogens (tertiary/aromatic N) is 1. The number of hydrogen-bond donors (Lipinski definition) is 0. The first-order valence-corrected chi connectivity index (χ1v) is 4.69. The van der Waals surface area contributed by atoms with Crippen LogP contribution in [-0.2, 0) is 4.84 Å². The highest BCUT2D eigenvalue weighted by atomic mass is 16.7. The number of rotatable bonds is 1. The van der Waals surface area contributed by atoms with E-state index in [1.54, 1.807) is 7.11 Å². The smallest absolute Gasteiger partial charge is 0.0575 e. The minimum Gasteiger partial charge on any atom is -0.302 e. The van der Waals surface area contributed by atoms with Gasteiger partial charge in [0.1, 0.15) is 0 Å². The van der Waals surface area contributed by atoms with Crippen molar-refractivity contribution in [3.05, 3.63) is 0 Å². The third kappa shape index (κ3) is 1.42. The van der Waals surface area contributed by atoms with Crippen LogP contribution in [0.4, 0.5) is 0 Å². The van der Waals surface area contributed by atoms with E-state index in [4.69, 9.17) is 4.84 Å². The van der Waals surface area contributed by atoms with Gasteiger partial charge in [-0.1, -0.05) is 0 Å². The van der Waals surface area contributed by atoms with Crippen molar-refractivity contribution < 1.29 is 4.84 Å². The molecule has 2 heteroatoms. The number of fused-ring (bicyclic) bond motifs is 1. The Kier molecular flexibility index (Phi) is 2.14. The van der Waals surface area contributed by atoms with Gasteiger partial charge >= 0.3 is 0 Å². The van der Waals surface area contributed by atoms with Gasteiger partial charge in [-0.05, 0) is 37.5 Å². The molecule has 0 aromatic carbocycles. The van der Waals surface area contributed by atoms with Crippen LogP contribution in [0.15, 0.2) is 0 Å². The topological polar surface area (TPSA) is 12.5 Å². The highest BCUT2D eigenvalue weighted by Gasteiger charge is 2.33. The monoisotopic (exact) mass is 155 g/mol. The van der Waals surface area contributed by atoms with Crippen molar-refractivity contribution in [3.8, 4) is 0 Å². The van der Waals surface area contributed by atoms with E-state index < -0.39 is 0 Å². The van der Waals surface area contributed by atoms with Crippen molar-refractivity contribution in [3.63, 3.8) is 0 Å². The first-order valence-electron chi connectivity index (χ1n) is 4.69. The molecule has 2 atom stereocenters. The summed E-state index contributed by atoms with van der Waals surface area (Å²) in [6.45, 7) is 2.30. The Morgan fingerprint density at radius 1 is 1.00 bits per heavy atom. The summed E-state index contributed by atoms with van der Waals surface area (Å²) in [7, 11) is 1.78. The van der Waals surface area contributed by atoms with Crippen LogP contribution in [-0.4, -0.2) is 25.3 Å². The second kappa shape index (κ2) is 3.11. The maximum Gasteiger partial charge on any atom is 0.0575 e. The quantitative estimate of drug-likeness (QED) is 0.571. The van der Waals surface area contributed by atoms with Crippen LogP contribution in [0.3, 0.4) is 0 Å². The predicted molar refractivity (Wildman–Crippen MR) is 44.0 cm³/mol. The van der Waals surface area contributed by atoms with Crippen molar-refractivity contribution in [1.29, 1.82) is 0 Å². The van der Waals surface area contributed by atoms with Gasteiger partial charge in [-0.15, -0.1) is 0 Å². The highest BCUT2D eigenvalue weighted by molar-refractivity contribution is 4.83. The second-order valence-corrected chi connectivity index (χ2v) is 3.79. The fraction of sp³-hybridized carbons (Fsp3) is 1.00. The number of hydrogen-bond acceptors (Lipinski definition) is 2. The maximum absolute atomic E-state index is 5.23. The summed E-state index contributed by atoms with van der Waals surface area (Å²) in [4.78, 5) is 5.23. The molecule has 0 radical (unpaired) electrons. The molecule has 11 heavy (non-hydrogen) atoms. The van der Waals surface area contributed by atoms with Crippen LogP contribution < -0.4 is 0 Å². The van der Waals surface area contributed by atoms with Crippen molar-refractivity contribution in [2.24, 2.45) is 11.8 Å². The molecular formula is C9H17NO. The molecule has 2 unspecified atom stereocenters. The lowest BCUT2D eigenvalue weighted by molar-refractivity contribution is -0.128. The van der Waals surface area contributed by atoms with Gasteiger partial charge in [0.2, 0.25) is 0 Å². The van der Waals surface area contributed by atoms with Gasteiger partial charge in [-0.3, -0.25) is 0 Å². The molecule has 1 aliphatic heterocycles. The van der Waals surface area contributed by atoms with Gasteiger partial charge in [-0.25, -0.2) is 0 Å². The minimum atomic E-state index is 1.04. The van der Waals surface area contributed by atoms with E-state index in [1.165, 1.54) is 25.7 Å². The number of hydroxylamine groups is 2. The second-order valence-electron chi connectivity index (χ2n) is 3.79. The van der Waals surface area contributed by atoms with Crippen molar-refractivity contribution in [2.75, 3.05) is 20.2 Å². The third-order valence-electron chi connectivity index (χ3n) is 3.33. The average molecular weight is 155 g/mol. The SMILES string of the molecule is CON1CCC2CCC2CC1. The summed E-state index contributed by atoms with van der Waals surface area (Å²) in [5.41, 5.74) is 0. The largest absolute Gasteiger partial charge is 0.302 e. The summed E-state index contributed by atoms with van der Waals surface area (Å²) >= 11 is 0.